The van der Waals surface area contributed by atoms with Crippen LogP contribution in [0.1, 0.15) is 16.1 Å². The van der Waals surface area contributed by atoms with E-state index in [1.165, 1.54) is 11.3 Å². The van der Waals surface area contributed by atoms with Crippen LogP contribution in [-0.2, 0) is 6.54 Å². The zero-order valence-electron chi connectivity index (χ0n) is 20.0. The number of benzene rings is 1. The largest absolute Gasteiger partial charge is 0.345 e. The summed E-state index contributed by atoms with van der Waals surface area (Å²) in [6, 6.07) is 13.2. The Balaban J connectivity index is 1.24. The molecule has 0 unspecified atom stereocenters. The minimum absolute atomic E-state index is 0.0297. The Morgan fingerprint density at radius 2 is 1.83 bits per heavy atom. The van der Waals surface area contributed by atoms with Gasteiger partial charge in [0.05, 0.1) is 41.5 Å². The van der Waals surface area contributed by atoms with E-state index in [1.54, 1.807) is 52.9 Å². The molecule has 1 aliphatic heterocycles. The number of hydrogen-bond donors (Lipinski definition) is 1. The SMILES string of the molecule is CN(C)C(=O)c1ccc(-c2ccc(Nc3cncc(N4CCN(Cc5cscn5)C4=O)c3)nc2)cc1. The van der Waals surface area contributed by atoms with E-state index < -0.39 is 0 Å². The van der Waals surface area contributed by atoms with Crippen LogP contribution in [0.5, 0.6) is 0 Å². The summed E-state index contributed by atoms with van der Waals surface area (Å²) in [6.07, 6.45) is 5.17. The van der Waals surface area contributed by atoms with Gasteiger partial charge in [-0.05, 0) is 35.9 Å². The van der Waals surface area contributed by atoms with Gasteiger partial charge in [0.1, 0.15) is 5.82 Å². The quantitative estimate of drug-likeness (QED) is 0.403. The summed E-state index contributed by atoms with van der Waals surface area (Å²) in [4.78, 5) is 43.2. The molecule has 1 fully saturated rings. The van der Waals surface area contributed by atoms with Crippen LogP contribution >= 0.6 is 11.3 Å². The second-order valence-electron chi connectivity index (χ2n) is 8.60. The molecule has 0 aliphatic carbocycles. The van der Waals surface area contributed by atoms with E-state index in [4.69, 9.17) is 0 Å². The zero-order valence-corrected chi connectivity index (χ0v) is 20.8. The van der Waals surface area contributed by atoms with Crippen molar-refractivity contribution in [2.45, 2.75) is 6.54 Å². The summed E-state index contributed by atoms with van der Waals surface area (Å²) < 4.78 is 0. The fraction of sp³-hybridized carbons (Fsp3) is 0.192. The predicted molar refractivity (Wildman–Crippen MR) is 140 cm³/mol. The van der Waals surface area contributed by atoms with Gasteiger partial charge in [-0.2, -0.15) is 0 Å². The van der Waals surface area contributed by atoms with Gasteiger partial charge in [-0.15, -0.1) is 11.3 Å². The van der Waals surface area contributed by atoms with Crippen LogP contribution < -0.4 is 10.2 Å². The Bertz CT molecular complexity index is 1360. The number of anilines is 3. The van der Waals surface area contributed by atoms with Gasteiger partial charge in [-0.3, -0.25) is 14.7 Å². The second kappa shape index (κ2) is 10.1. The smallest absolute Gasteiger partial charge is 0.325 e. The molecule has 1 saturated heterocycles. The highest BCUT2D eigenvalue weighted by molar-refractivity contribution is 7.07. The number of nitrogens with one attached hydrogen (secondary N) is 1. The number of rotatable bonds is 7. The number of amides is 3. The van der Waals surface area contributed by atoms with Crippen molar-refractivity contribution in [1.82, 2.24) is 24.8 Å². The lowest BCUT2D eigenvalue weighted by atomic mass is 10.1. The molecule has 0 spiro atoms. The molecule has 0 atom stereocenters. The zero-order chi connectivity index (χ0) is 25.1. The molecule has 1 aromatic carbocycles. The highest BCUT2D eigenvalue weighted by Gasteiger charge is 2.30. The van der Waals surface area contributed by atoms with Crippen LogP contribution in [0, 0.1) is 0 Å². The molecule has 9 nitrogen and oxygen atoms in total. The normalized spacial score (nSPS) is 13.2. The fourth-order valence-corrected chi connectivity index (χ4v) is 4.52. The van der Waals surface area contributed by atoms with Crippen LogP contribution in [0.4, 0.5) is 22.0 Å². The summed E-state index contributed by atoms with van der Waals surface area (Å²) in [7, 11) is 3.47. The number of carbonyl (C=O) groups excluding carboxylic acids is 2. The molecule has 1 N–H and O–H groups in total. The second-order valence-corrected chi connectivity index (χ2v) is 9.32. The van der Waals surface area contributed by atoms with Gasteiger partial charge in [0, 0.05) is 49.9 Å². The van der Waals surface area contributed by atoms with Gasteiger partial charge in [-0.25, -0.2) is 14.8 Å². The van der Waals surface area contributed by atoms with Gasteiger partial charge in [0.25, 0.3) is 5.91 Å². The molecule has 36 heavy (non-hydrogen) atoms. The third kappa shape index (κ3) is 5.03. The van der Waals surface area contributed by atoms with E-state index >= 15 is 0 Å². The van der Waals surface area contributed by atoms with Gasteiger partial charge in [-0.1, -0.05) is 12.1 Å². The van der Waals surface area contributed by atoms with Crippen molar-refractivity contribution in [2.24, 2.45) is 0 Å². The molecule has 4 heterocycles. The molecule has 10 heteroatoms. The number of urea groups is 1. The first kappa shape index (κ1) is 23.4. The lowest BCUT2D eigenvalue weighted by molar-refractivity contribution is 0.0827. The maximum absolute atomic E-state index is 12.9. The van der Waals surface area contributed by atoms with E-state index in [2.05, 4.69) is 20.3 Å². The minimum Gasteiger partial charge on any atom is -0.345 e. The van der Waals surface area contributed by atoms with E-state index in [-0.39, 0.29) is 11.9 Å². The van der Waals surface area contributed by atoms with Crippen LogP contribution in [0.3, 0.4) is 0 Å². The van der Waals surface area contributed by atoms with Crippen molar-refractivity contribution in [2.75, 3.05) is 37.4 Å². The Hall–Kier alpha value is -4.31. The average molecular weight is 500 g/mol. The third-order valence-corrected chi connectivity index (χ3v) is 6.51. The van der Waals surface area contributed by atoms with Crippen molar-refractivity contribution in [3.05, 3.63) is 83.2 Å². The molecule has 0 radical (unpaired) electrons. The fourth-order valence-electron chi connectivity index (χ4n) is 3.97. The van der Waals surface area contributed by atoms with E-state index in [1.807, 2.05) is 47.8 Å². The van der Waals surface area contributed by atoms with Gasteiger partial charge >= 0.3 is 6.03 Å². The highest BCUT2D eigenvalue weighted by atomic mass is 32.1. The van der Waals surface area contributed by atoms with Crippen LogP contribution in [0.2, 0.25) is 0 Å². The maximum atomic E-state index is 12.9. The van der Waals surface area contributed by atoms with Crippen molar-refractivity contribution >= 4 is 40.5 Å². The third-order valence-electron chi connectivity index (χ3n) is 5.87. The molecule has 182 valence electrons. The summed E-state index contributed by atoms with van der Waals surface area (Å²) in [5.74, 6) is 0.632. The van der Waals surface area contributed by atoms with E-state index in [0.717, 1.165) is 28.2 Å². The lowest BCUT2D eigenvalue weighted by Gasteiger charge is -2.18. The number of aromatic nitrogens is 3. The molecular weight excluding hydrogens is 474 g/mol. The Morgan fingerprint density at radius 1 is 1.03 bits per heavy atom. The molecule has 0 saturated carbocycles. The van der Waals surface area contributed by atoms with Crippen molar-refractivity contribution in [3.63, 3.8) is 0 Å². The molecule has 3 amide bonds. The van der Waals surface area contributed by atoms with Crippen molar-refractivity contribution in [3.8, 4) is 11.1 Å². The number of carbonyl (C=O) groups is 2. The Labute approximate surface area is 213 Å². The van der Waals surface area contributed by atoms with Crippen molar-refractivity contribution in [1.29, 1.82) is 0 Å². The van der Waals surface area contributed by atoms with Gasteiger partial charge < -0.3 is 15.1 Å². The first-order chi connectivity index (χ1) is 17.5. The number of thiazole rings is 1. The minimum atomic E-state index is -0.0530. The average Bonchev–Trinajstić information content (AvgIpc) is 3.54. The van der Waals surface area contributed by atoms with E-state index in [0.29, 0.717) is 31.0 Å². The van der Waals surface area contributed by atoms with Gasteiger partial charge in [0.2, 0.25) is 0 Å². The molecule has 3 aromatic heterocycles. The number of nitrogens with zero attached hydrogens (tertiary/aromatic N) is 6. The molecular formula is C26H25N7O2S. The molecule has 4 aromatic rings. The lowest BCUT2D eigenvalue weighted by Crippen LogP contribution is -2.31. The van der Waals surface area contributed by atoms with Gasteiger partial charge in [0.15, 0.2) is 0 Å². The molecule has 0 bridgehead atoms. The monoisotopic (exact) mass is 499 g/mol. The first-order valence-electron chi connectivity index (χ1n) is 11.4. The molecule has 5 rings (SSSR count). The van der Waals surface area contributed by atoms with E-state index in [9.17, 15) is 9.59 Å². The maximum Gasteiger partial charge on any atom is 0.325 e. The standard InChI is InChI=1S/C26H25N7O2S/c1-31(2)25(34)19-5-3-18(4-6-19)20-7-8-24(28-12-20)30-21-11-23(14-27-13-21)33-10-9-32(26(33)35)15-22-16-36-17-29-22/h3-8,11-14,16-17H,9-10,15H2,1-2H3,(H,28,30). The predicted octanol–water partition coefficient (Wildman–Crippen LogP) is 4.49. The summed E-state index contributed by atoms with van der Waals surface area (Å²) in [5, 5.41) is 5.22. The Kier molecular flexibility index (Phi) is 6.59. The Morgan fingerprint density at radius 3 is 2.53 bits per heavy atom. The van der Waals surface area contributed by atoms with Crippen LogP contribution in [0.25, 0.3) is 11.1 Å². The summed E-state index contributed by atoms with van der Waals surface area (Å²) >= 11 is 1.53. The topological polar surface area (TPSA) is 94.6 Å². The van der Waals surface area contributed by atoms with Crippen LogP contribution in [0.15, 0.2) is 71.9 Å². The molecule has 1 aliphatic rings. The summed E-state index contributed by atoms with van der Waals surface area (Å²) in [6.45, 7) is 1.75. The first-order valence-corrected chi connectivity index (χ1v) is 12.4. The summed E-state index contributed by atoms with van der Waals surface area (Å²) in [5.41, 5.74) is 6.71. The number of pyridine rings is 2. The highest BCUT2D eigenvalue weighted by Crippen LogP contribution is 2.26. The number of hydrogen-bond acceptors (Lipinski definition) is 7. The van der Waals surface area contributed by atoms with Crippen molar-refractivity contribution < 1.29 is 9.59 Å². The van der Waals surface area contributed by atoms with Crippen LogP contribution in [-0.4, -0.2) is 63.9 Å².